The van der Waals surface area contributed by atoms with Crippen molar-refractivity contribution < 1.29 is 9.53 Å². The molecular formula is C12H14BrClO2. The van der Waals surface area contributed by atoms with Crippen molar-refractivity contribution in [1.29, 1.82) is 0 Å². The van der Waals surface area contributed by atoms with Gasteiger partial charge in [0.1, 0.15) is 11.5 Å². The third kappa shape index (κ3) is 3.49. The molecule has 0 saturated heterocycles. The van der Waals surface area contributed by atoms with Gasteiger partial charge in [-0.25, -0.2) is 0 Å². The Kier molecular flexibility index (Phi) is 5.85. The van der Waals surface area contributed by atoms with Gasteiger partial charge in [-0.15, -0.1) is 11.6 Å². The first-order valence-corrected chi connectivity index (χ1v) is 6.75. The average Bonchev–Trinajstić information content (AvgIpc) is 2.31. The van der Waals surface area contributed by atoms with Gasteiger partial charge in [0.15, 0.2) is 0 Å². The monoisotopic (exact) mass is 304 g/mol. The van der Waals surface area contributed by atoms with Crippen molar-refractivity contribution in [2.45, 2.75) is 19.2 Å². The largest absolute Gasteiger partial charge is 0.494 e. The van der Waals surface area contributed by atoms with Gasteiger partial charge in [0.25, 0.3) is 0 Å². The zero-order valence-electron chi connectivity index (χ0n) is 9.13. The molecule has 2 nitrogen and oxygen atoms in total. The Morgan fingerprint density at radius 3 is 2.81 bits per heavy atom. The maximum atomic E-state index is 11.5. The minimum atomic E-state index is 0.124. The summed E-state index contributed by atoms with van der Waals surface area (Å²) in [5.41, 5.74) is 1.87. The number of halogens is 2. The van der Waals surface area contributed by atoms with Gasteiger partial charge in [0, 0.05) is 17.9 Å². The summed E-state index contributed by atoms with van der Waals surface area (Å²) in [5, 5.41) is 0.356. The van der Waals surface area contributed by atoms with E-state index in [1.165, 1.54) is 0 Å². The van der Waals surface area contributed by atoms with Gasteiger partial charge in [-0.1, -0.05) is 28.1 Å². The first kappa shape index (κ1) is 13.5. The van der Waals surface area contributed by atoms with Crippen LogP contribution in [-0.4, -0.2) is 17.7 Å². The normalized spacial score (nSPS) is 10.2. The highest BCUT2D eigenvalue weighted by molar-refractivity contribution is 9.09. The average molecular weight is 306 g/mol. The first-order valence-electron chi connectivity index (χ1n) is 5.10. The fourth-order valence-corrected chi connectivity index (χ4v) is 1.92. The summed E-state index contributed by atoms with van der Waals surface area (Å²) in [4.78, 5) is 11.5. The number of rotatable bonds is 6. The second-order valence-corrected chi connectivity index (χ2v) is 4.14. The van der Waals surface area contributed by atoms with E-state index >= 15 is 0 Å². The van der Waals surface area contributed by atoms with Gasteiger partial charge in [-0.3, -0.25) is 4.79 Å². The lowest BCUT2D eigenvalue weighted by Gasteiger charge is -2.12. The number of ketones is 1. The summed E-state index contributed by atoms with van der Waals surface area (Å²) < 4.78 is 5.50. The molecule has 0 aliphatic carbocycles. The van der Waals surface area contributed by atoms with Crippen LogP contribution in [0.4, 0.5) is 0 Å². The van der Waals surface area contributed by atoms with Crippen molar-refractivity contribution in [3.05, 3.63) is 29.3 Å². The molecule has 0 fully saturated rings. The zero-order valence-corrected chi connectivity index (χ0v) is 11.5. The van der Waals surface area contributed by atoms with Crippen LogP contribution in [0, 0.1) is 0 Å². The van der Waals surface area contributed by atoms with Crippen LogP contribution in [0.2, 0.25) is 0 Å². The van der Waals surface area contributed by atoms with E-state index in [1.807, 2.05) is 25.1 Å². The molecule has 0 unspecified atom stereocenters. The molecule has 16 heavy (non-hydrogen) atoms. The smallest absolute Gasteiger partial charge is 0.147 e. The van der Waals surface area contributed by atoms with Gasteiger partial charge >= 0.3 is 0 Å². The molecule has 0 aromatic heterocycles. The van der Waals surface area contributed by atoms with Crippen molar-refractivity contribution in [3.63, 3.8) is 0 Å². The Morgan fingerprint density at radius 2 is 2.25 bits per heavy atom. The SMILES string of the molecule is CCOc1cccc(CCl)c1CC(=O)CBr. The maximum absolute atomic E-state index is 11.5. The van der Waals surface area contributed by atoms with Crippen LogP contribution in [0.3, 0.4) is 0 Å². The van der Waals surface area contributed by atoms with E-state index in [4.69, 9.17) is 16.3 Å². The standard InChI is InChI=1S/C12H14BrClO2/c1-2-16-12-5-3-4-9(8-14)11(12)6-10(15)7-13/h3-5H,2,6-8H2,1H3. The highest BCUT2D eigenvalue weighted by Crippen LogP contribution is 2.25. The van der Waals surface area contributed by atoms with Gasteiger partial charge < -0.3 is 4.74 Å². The van der Waals surface area contributed by atoms with Crippen LogP contribution < -0.4 is 4.74 Å². The van der Waals surface area contributed by atoms with Crippen LogP contribution >= 0.6 is 27.5 Å². The van der Waals surface area contributed by atoms with Crippen LogP contribution in [0.5, 0.6) is 5.75 Å². The maximum Gasteiger partial charge on any atom is 0.147 e. The Morgan fingerprint density at radius 1 is 1.50 bits per heavy atom. The molecule has 4 heteroatoms. The predicted molar refractivity (Wildman–Crippen MR) is 69.7 cm³/mol. The summed E-state index contributed by atoms with van der Waals surface area (Å²) in [6.07, 6.45) is 0.365. The lowest BCUT2D eigenvalue weighted by Crippen LogP contribution is -2.08. The van der Waals surface area contributed by atoms with E-state index < -0.39 is 0 Å². The van der Waals surface area contributed by atoms with Gasteiger partial charge in [-0.2, -0.15) is 0 Å². The second kappa shape index (κ2) is 6.92. The van der Waals surface area contributed by atoms with Crippen LogP contribution in [0.1, 0.15) is 18.1 Å². The number of carbonyl (C=O) groups is 1. The fraction of sp³-hybridized carbons (Fsp3) is 0.417. The molecule has 1 aromatic carbocycles. The van der Waals surface area contributed by atoms with E-state index in [0.29, 0.717) is 24.2 Å². The van der Waals surface area contributed by atoms with Gasteiger partial charge in [-0.05, 0) is 18.6 Å². The Bertz CT molecular complexity index is 366. The molecule has 0 bridgehead atoms. The van der Waals surface area contributed by atoms with Crippen molar-refractivity contribution in [2.24, 2.45) is 0 Å². The van der Waals surface area contributed by atoms with E-state index in [1.54, 1.807) is 0 Å². The number of carbonyl (C=O) groups excluding carboxylic acids is 1. The molecule has 1 aromatic rings. The lowest BCUT2D eigenvalue weighted by molar-refractivity contribution is -0.115. The van der Waals surface area contributed by atoms with E-state index in [-0.39, 0.29) is 5.78 Å². The molecule has 0 spiro atoms. The minimum Gasteiger partial charge on any atom is -0.494 e. The van der Waals surface area contributed by atoms with E-state index in [0.717, 1.165) is 16.9 Å². The van der Waals surface area contributed by atoms with Gasteiger partial charge in [0.2, 0.25) is 0 Å². The molecule has 0 amide bonds. The fourth-order valence-electron chi connectivity index (χ4n) is 1.47. The third-order valence-corrected chi connectivity index (χ3v) is 3.11. The quantitative estimate of drug-likeness (QED) is 0.754. The van der Waals surface area contributed by atoms with Crippen LogP contribution in [-0.2, 0) is 17.1 Å². The van der Waals surface area contributed by atoms with E-state index in [2.05, 4.69) is 15.9 Å². The summed E-state index contributed by atoms with van der Waals surface area (Å²) in [6.45, 7) is 2.50. The summed E-state index contributed by atoms with van der Waals surface area (Å²) in [6, 6.07) is 5.69. The molecule has 0 heterocycles. The number of Topliss-reactive ketones (excluding diaryl/α,β-unsaturated/α-hetero) is 1. The van der Waals surface area contributed by atoms with Crippen LogP contribution in [0.25, 0.3) is 0 Å². The van der Waals surface area contributed by atoms with Crippen molar-refractivity contribution in [2.75, 3.05) is 11.9 Å². The third-order valence-electron chi connectivity index (χ3n) is 2.20. The van der Waals surface area contributed by atoms with Crippen molar-refractivity contribution in [1.82, 2.24) is 0 Å². The topological polar surface area (TPSA) is 26.3 Å². The lowest BCUT2D eigenvalue weighted by atomic mass is 10.0. The number of hydrogen-bond acceptors (Lipinski definition) is 2. The highest BCUT2D eigenvalue weighted by Gasteiger charge is 2.12. The minimum absolute atomic E-state index is 0.124. The zero-order chi connectivity index (χ0) is 12.0. The Labute approximate surface area is 109 Å². The molecule has 0 atom stereocenters. The Hall–Kier alpha value is -0.540. The summed E-state index contributed by atoms with van der Waals surface area (Å²) >= 11 is 9.01. The number of benzene rings is 1. The molecule has 88 valence electrons. The highest BCUT2D eigenvalue weighted by atomic mass is 79.9. The first-order chi connectivity index (χ1) is 7.72. The van der Waals surface area contributed by atoms with Crippen molar-refractivity contribution in [3.8, 4) is 5.75 Å². The number of ether oxygens (including phenoxy) is 1. The van der Waals surface area contributed by atoms with Crippen LogP contribution in [0.15, 0.2) is 18.2 Å². The molecule has 0 saturated carbocycles. The van der Waals surface area contributed by atoms with Crippen molar-refractivity contribution >= 4 is 33.3 Å². The van der Waals surface area contributed by atoms with E-state index in [9.17, 15) is 4.79 Å². The predicted octanol–water partition coefficient (Wildman–Crippen LogP) is 3.33. The van der Waals surface area contributed by atoms with Gasteiger partial charge in [0.05, 0.1) is 11.9 Å². The molecule has 0 N–H and O–H groups in total. The molecule has 1 rings (SSSR count). The molecule has 0 aliphatic heterocycles. The second-order valence-electron chi connectivity index (χ2n) is 3.31. The number of hydrogen-bond donors (Lipinski definition) is 0. The molecule has 0 aliphatic rings. The molecule has 0 radical (unpaired) electrons. The Balaban J connectivity index is 3.03. The summed E-state index contributed by atoms with van der Waals surface area (Å²) in [7, 11) is 0. The molecular weight excluding hydrogens is 291 g/mol. The summed E-state index contributed by atoms with van der Waals surface area (Å²) in [5.74, 6) is 1.28. The number of alkyl halides is 2.